The van der Waals surface area contributed by atoms with Crippen LogP contribution in [0.2, 0.25) is 0 Å². The van der Waals surface area contributed by atoms with E-state index in [0.29, 0.717) is 22.9 Å². The Labute approximate surface area is 125 Å². The highest BCUT2D eigenvalue weighted by atomic mass is 16.5. The molecule has 2 aliphatic carbocycles. The molecule has 4 unspecified atom stereocenters. The number of hydrogen-bond donors (Lipinski definition) is 1. The second kappa shape index (κ2) is 4.01. The maximum absolute atomic E-state index is 6.28. The molecule has 0 aromatic rings. The molecule has 1 heterocycles. The molecule has 2 saturated carbocycles. The lowest BCUT2D eigenvalue weighted by Gasteiger charge is -2.46. The molecular weight excluding hydrogens is 246 g/mol. The van der Waals surface area contributed by atoms with Crippen LogP contribution in [0.3, 0.4) is 0 Å². The van der Waals surface area contributed by atoms with Crippen molar-refractivity contribution in [2.45, 2.75) is 97.4 Å². The van der Waals surface area contributed by atoms with Crippen molar-refractivity contribution in [2.75, 3.05) is 0 Å². The Morgan fingerprint density at radius 3 is 2.05 bits per heavy atom. The van der Waals surface area contributed by atoms with E-state index in [1.165, 1.54) is 19.3 Å². The molecular formula is C18H33NO. The molecule has 2 bridgehead atoms. The molecule has 1 N–H and O–H groups in total. The predicted octanol–water partition coefficient (Wildman–Crippen LogP) is 4.14. The van der Waals surface area contributed by atoms with Gasteiger partial charge in [0, 0.05) is 12.1 Å². The van der Waals surface area contributed by atoms with Gasteiger partial charge in [-0.1, -0.05) is 20.8 Å². The first-order valence-corrected chi connectivity index (χ1v) is 8.43. The van der Waals surface area contributed by atoms with Gasteiger partial charge in [-0.05, 0) is 70.1 Å². The Hall–Kier alpha value is -0.0800. The van der Waals surface area contributed by atoms with Gasteiger partial charge in [0.15, 0.2) is 0 Å². The van der Waals surface area contributed by atoms with Gasteiger partial charge in [0.1, 0.15) is 0 Å². The number of nitrogens with one attached hydrogen (secondary N) is 1. The summed E-state index contributed by atoms with van der Waals surface area (Å²) in [6.45, 7) is 16.4. The summed E-state index contributed by atoms with van der Waals surface area (Å²) in [4.78, 5) is 0. The summed E-state index contributed by atoms with van der Waals surface area (Å²) in [6, 6.07) is 1.11. The quantitative estimate of drug-likeness (QED) is 0.820. The Kier molecular flexibility index (Phi) is 2.98. The number of fused-ring (bicyclic) bond motifs is 2. The summed E-state index contributed by atoms with van der Waals surface area (Å²) in [6.07, 6.45) is 5.36. The van der Waals surface area contributed by atoms with Crippen molar-refractivity contribution < 1.29 is 4.74 Å². The van der Waals surface area contributed by atoms with Gasteiger partial charge in [0.2, 0.25) is 0 Å². The molecule has 3 fully saturated rings. The zero-order valence-corrected chi connectivity index (χ0v) is 14.5. The van der Waals surface area contributed by atoms with E-state index in [-0.39, 0.29) is 11.2 Å². The normalized spacial score (nSPS) is 47.9. The van der Waals surface area contributed by atoms with Gasteiger partial charge in [0.25, 0.3) is 0 Å². The minimum Gasteiger partial charge on any atom is -0.368 e. The van der Waals surface area contributed by atoms with Crippen LogP contribution in [0.15, 0.2) is 0 Å². The van der Waals surface area contributed by atoms with Gasteiger partial charge in [-0.15, -0.1) is 0 Å². The van der Waals surface area contributed by atoms with Gasteiger partial charge in [-0.3, -0.25) is 0 Å². The molecule has 20 heavy (non-hydrogen) atoms. The van der Waals surface area contributed by atoms with Crippen LogP contribution in [-0.2, 0) is 4.74 Å². The Morgan fingerprint density at radius 2 is 1.60 bits per heavy atom. The lowest BCUT2D eigenvalue weighted by atomic mass is 9.68. The molecule has 0 radical (unpaired) electrons. The summed E-state index contributed by atoms with van der Waals surface area (Å²) in [5, 5.41) is 4.06. The third kappa shape index (κ3) is 2.06. The lowest BCUT2D eigenvalue weighted by molar-refractivity contribution is -0.0727. The summed E-state index contributed by atoms with van der Waals surface area (Å²) in [5.41, 5.74) is 0.869. The van der Waals surface area contributed by atoms with Crippen LogP contribution in [-0.4, -0.2) is 23.3 Å². The zero-order chi connectivity index (χ0) is 15.0. The van der Waals surface area contributed by atoms with Crippen molar-refractivity contribution in [1.82, 2.24) is 5.32 Å². The molecule has 0 aromatic carbocycles. The van der Waals surface area contributed by atoms with E-state index >= 15 is 0 Å². The second-order valence-electron chi connectivity index (χ2n) is 9.74. The van der Waals surface area contributed by atoms with Crippen molar-refractivity contribution in [2.24, 2.45) is 16.7 Å². The van der Waals surface area contributed by atoms with Crippen molar-refractivity contribution in [3.05, 3.63) is 0 Å². The summed E-state index contributed by atoms with van der Waals surface area (Å²) < 4.78 is 6.28. The first-order valence-electron chi connectivity index (χ1n) is 8.43. The second-order valence-corrected chi connectivity index (χ2v) is 9.74. The van der Waals surface area contributed by atoms with Gasteiger partial charge < -0.3 is 10.1 Å². The maximum Gasteiger partial charge on any atom is 0.0787 e. The molecule has 0 amide bonds. The van der Waals surface area contributed by atoms with Crippen LogP contribution >= 0.6 is 0 Å². The van der Waals surface area contributed by atoms with E-state index < -0.39 is 0 Å². The molecule has 3 rings (SSSR count). The highest BCUT2D eigenvalue weighted by molar-refractivity contribution is 5.14. The van der Waals surface area contributed by atoms with E-state index in [1.54, 1.807) is 0 Å². The van der Waals surface area contributed by atoms with Gasteiger partial charge in [-0.2, -0.15) is 0 Å². The van der Waals surface area contributed by atoms with E-state index in [1.807, 2.05) is 0 Å². The maximum atomic E-state index is 6.28. The molecule has 1 saturated heterocycles. The topological polar surface area (TPSA) is 21.3 Å². The fraction of sp³-hybridized carbons (Fsp3) is 1.00. The van der Waals surface area contributed by atoms with Crippen LogP contribution in [0.1, 0.15) is 74.1 Å². The number of hydrogen-bond acceptors (Lipinski definition) is 2. The monoisotopic (exact) mass is 279 g/mol. The summed E-state index contributed by atoms with van der Waals surface area (Å²) >= 11 is 0. The van der Waals surface area contributed by atoms with Gasteiger partial charge >= 0.3 is 0 Å². The van der Waals surface area contributed by atoms with Gasteiger partial charge in [-0.25, -0.2) is 0 Å². The van der Waals surface area contributed by atoms with Crippen molar-refractivity contribution in [3.63, 3.8) is 0 Å². The fourth-order valence-electron chi connectivity index (χ4n) is 5.74. The predicted molar refractivity (Wildman–Crippen MR) is 83.8 cm³/mol. The SMILES string of the molecule is CC1(C)CC(NC2C3(C)CCC(C3)C2(C)C)C(C)(C)O1. The molecule has 116 valence electrons. The first kappa shape index (κ1) is 14.8. The Morgan fingerprint density at radius 1 is 0.950 bits per heavy atom. The minimum atomic E-state index is -0.0578. The van der Waals surface area contributed by atoms with Crippen LogP contribution in [0.5, 0.6) is 0 Å². The van der Waals surface area contributed by atoms with E-state index in [0.717, 1.165) is 12.3 Å². The minimum absolute atomic E-state index is 0.00380. The average molecular weight is 279 g/mol. The van der Waals surface area contributed by atoms with Crippen LogP contribution in [0.4, 0.5) is 0 Å². The van der Waals surface area contributed by atoms with Crippen molar-refractivity contribution in [1.29, 1.82) is 0 Å². The molecule has 3 aliphatic rings. The zero-order valence-electron chi connectivity index (χ0n) is 14.5. The highest BCUT2D eigenvalue weighted by Crippen LogP contribution is 2.62. The molecule has 1 aliphatic heterocycles. The van der Waals surface area contributed by atoms with Gasteiger partial charge in [0.05, 0.1) is 11.2 Å². The summed E-state index contributed by atoms with van der Waals surface area (Å²) in [7, 11) is 0. The van der Waals surface area contributed by atoms with Crippen molar-refractivity contribution >= 4 is 0 Å². The third-order valence-corrected chi connectivity index (χ3v) is 6.71. The lowest BCUT2D eigenvalue weighted by Crippen LogP contribution is -2.57. The first-order chi connectivity index (χ1) is 8.96. The molecule has 0 spiro atoms. The standard InChI is InChI=1S/C18H33NO/c1-15(2)11-13(17(5,6)20-15)19-14-16(3,4)12-8-9-18(14,7)10-12/h12-14,19H,8-11H2,1-7H3. The smallest absolute Gasteiger partial charge is 0.0787 e. The van der Waals surface area contributed by atoms with E-state index in [2.05, 4.69) is 53.8 Å². The molecule has 4 atom stereocenters. The Balaban J connectivity index is 1.81. The highest BCUT2D eigenvalue weighted by Gasteiger charge is 2.60. The third-order valence-electron chi connectivity index (χ3n) is 6.71. The average Bonchev–Trinajstić information content (AvgIpc) is 2.78. The number of ether oxygens (including phenoxy) is 1. The van der Waals surface area contributed by atoms with E-state index in [4.69, 9.17) is 4.74 Å². The molecule has 0 aromatic heterocycles. The Bertz CT molecular complexity index is 407. The molecule has 2 nitrogen and oxygen atoms in total. The van der Waals surface area contributed by atoms with Crippen molar-refractivity contribution in [3.8, 4) is 0 Å². The fourth-order valence-corrected chi connectivity index (χ4v) is 5.74. The summed E-state index contributed by atoms with van der Waals surface area (Å²) in [5.74, 6) is 0.906. The molecule has 2 heteroatoms. The van der Waals surface area contributed by atoms with Crippen LogP contribution in [0, 0.1) is 16.7 Å². The van der Waals surface area contributed by atoms with E-state index in [9.17, 15) is 0 Å². The number of rotatable bonds is 2. The largest absolute Gasteiger partial charge is 0.368 e. The van der Waals surface area contributed by atoms with Crippen LogP contribution in [0.25, 0.3) is 0 Å². The van der Waals surface area contributed by atoms with Crippen LogP contribution < -0.4 is 5.32 Å².